The molecular formula is C15H27N3O2. The first-order valence-electron chi connectivity index (χ1n) is 7.91. The first-order valence-corrected chi connectivity index (χ1v) is 7.91. The Morgan fingerprint density at radius 2 is 1.85 bits per heavy atom. The van der Waals surface area contributed by atoms with Gasteiger partial charge in [0.2, 0.25) is 0 Å². The molecule has 2 rings (SSSR count). The van der Waals surface area contributed by atoms with Crippen LogP contribution < -0.4 is 11.1 Å². The number of nitrogens with zero attached hydrogens (tertiary/aromatic N) is 1. The lowest BCUT2D eigenvalue weighted by molar-refractivity contribution is -0.127. The van der Waals surface area contributed by atoms with Gasteiger partial charge >= 0.3 is 0 Å². The number of nitrogens with one attached hydrogen (secondary N) is 1. The molecule has 0 saturated heterocycles. The van der Waals surface area contributed by atoms with E-state index >= 15 is 0 Å². The van der Waals surface area contributed by atoms with E-state index in [1.165, 1.54) is 32.1 Å². The number of hydrogen-bond acceptors (Lipinski definition) is 3. The van der Waals surface area contributed by atoms with Crippen LogP contribution in [0.15, 0.2) is 5.16 Å². The van der Waals surface area contributed by atoms with E-state index in [0.29, 0.717) is 17.7 Å². The zero-order valence-electron chi connectivity index (χ0n) is 12.4. The lowest BCUT2D eigenvalue weighted by Gasteiger charge is -2.29. The van der Waals surface area contributed by atoms with Gasteiger partial charge in [-0.05, 0) is 31.6 Å². The molecule has 0 bridgehead atoms. The van der Waals surface area contributed by atoms with Crippen molar-refractivity contribution in [2.75, 3.05) is 6.61 Å². The van der Waals surface area contributed by atoms with Crippen LogP contribution in [0.2, 0.25) is 0 Å². The molecule has 0 aromatic carbocycles. The van der Waals surface area contributed by atoms with Crippen molar-refractivity contribution in [3.63, 3.8) is 0 Å². The predicted molar refractivity (Wildman–Crippen MR) is 79.1 cm³/mol. The van der Waals surface area contributed by atoms with Crippen molar-refractivity contribution in [1.82, 2.24) is 5.32 Å². The zero-order valence-corrected chi connectivity index (χ0v) is 12.4. The standard InChI is InChI=1S/C15H27N3O2/c1-11-6-2-5-9-13(11)17-14(19)10-20-18-15(16)12-7-3-4-8-12/h11-13H,2-10H2,1H3,(H2,16,18)(H,17,19)/t11-,13+/m1/s1. The molecule has 0 aliphatic heterocycles. The fourth-order valence-electron chi connectivity index (χ4n) is 3.24. The van der Waals surface area contributed by atoms with Gasteiger partial charge in [0, 0.05) is 12.0 Å². The Bertz CT molecular complexity index is 351. The van der Waals surface area contributed by atoms with Gasteiger partial charge in [-0.25, -0.2) is 0 Å². The molecule has 3 N–H and O–H groups in total. The summed E-state index contributed by atoms with van der Waals surface area (Å²) in [7, 11) is 0. The van der Waals surface area contributed by atoms with E-state index in [1.54, 1.807) is 0 Å². The van der Waals surface area contributed by atoms with Gasteiger partial charge in [0.05, 0.1) is 0 Å². The third-order valence-corrected chi connectivity index (χ3v) is 4.60. The minimum absolute atomic E-state index is 0.0311. The predicted octanol–water partition coefficient (Wildman–Crippen LogP) is 2.16. The van der Waals surface area contributed by atoms with Crippen LogP contribution in [0, 0.1) is 11.8 Å². The number of rotatable bonds is 5. The molecule has 2 saturated carbocycles. The Hall–Kier alpha value is -1.26. The quantitative estimate of drug-likeness (QED) is 0.460. The van der Waals surface area contributed by atoms with Gasteiger partial charge in [-0.15, -0.1) is 0 Å². The van der Waals surface area contributed by atoms with Gasteiger partial charge in [0.15, 0.2) is 6.61 Å². The minimum Gasteiger partial charge on any atom is -0.384 e. The van der Waals surface area contributed by atoms with E-state index in [4.69, 9.17) is 10.6 Å². The van der Waals surface area contributed by atoms with Crippen molar-refractivity contribution in [1.29, 1.82) is 0 Å². The molecule has 0 aromatic rings. The summed E-state index contributed by atoms with van der Waals surface area (Å²) in [5.41, 5.74) is 5.86. The van der Waals surface area contributed by atoms with Gasteiger partial charge in [-0.1, -0.05) is 37.8 Å². The molecule has 2 aliphatic carbocycles. The van der Waals surface area contributed by atoms with Crippen molar-refractivity contribution in [2.24, 2.45) is 22.7 Å². The molecule has 0 heterocycles. The van der Waals surface area contributed by atoms with E-state index in [1.807, 2.05) is 0 Å². The average molecular weight is 281 g/mol. The van der Waals surface area contributed by atoms with Crippen LogP contribution >= 0.6 is 0 Å². The number of carbonyl (C=O) groups excluding carboxylic acids is 1. The SMILES string of the molecule is C[C@@H]1CCCC[C@@H]1NC(=O)CO/N=C(\N)C1CCCC1. The normalized spacial score (nSPS) is 28.4. The Balaban J connectivity index is 1.67. The van der Waals surface area contributed by atoms with Crippen molar-refractivity contribution in [2.45, 2.75) is 64.3 Å². The Labute approximate surface area is 121 Å². The van der Waals surface area contributed by atoms with Crippen molar-refractivity contribution < 1.29 is 9.63 Å². The maximum Gasteiger partial charge on any atom is 0.261 e. The molecule has 2 atom stereocenters. The number of amidine groups is 1. The molecule has 0 unspecified atom stereocenters. The molecule has 114 valence electrons. The molecule has 2 fully saturated rings. The molecule has 2 aliphatic rings. The number of amides is 1. The highest BCUT2D eigenvalue weighted by atomic mass is 16.6. The van der Waals surface area contributed by atoms with Crippen LogP contribution in [0.1, 0.15) is 58.3 Å². The molecule has 5 nitrogen and oxygen atoms in total. The number of hydrogen-bond donors (Lipinski definition) is 2. The number of carbonyl (C=O) groups is 1. The molecule has 0 radical (unpaired) electrons. The molecule has 1 amide bonds. The van der Waals surface area contributed by atoms with Crippen LogP contribution in [0.3, 0.4) is 0 Å². The summed E-state index contributed by atoms with van der Waals surface area (Å²) in [4.78, 5) is 16.9. The topological polar surface area (TPSA) is 76.7 Å². The first kappa shape index (κ1) is 15.1. The second kappa shape index (κ2) is 7.50. The lowest BCUT2D eigenvalue weighted by atomic mass is 9.86. The number of nitrogens with two attached hydrogens (primary N) is 1. The third kappa shape index (κ3) is 4.39. The van der Waals surface area contributed by atoms with Crippen LogP contribution in [0.5, 0.6) is 0 Å². The highest BCUT2D eigenvalue weighted by molar-refractivity contribution is 5.82. The fourth-order valence-corrected chi connectivity index (χ4v) is 3.24. The summed E-state index contributed by atoms with van der Waals surface area (Å²) in [6.07, 6.45) is 9.32. The van der Waals surface area contributed by atoms with E-state index < -0.39 is 0 Å². The first-order chi connectivity index (χ1) is 9.66. The molecule has 0 spiro atoms. The van der Waals surface area contributed by atoms with E-state index in [0.717, 1.165) is 19.3 Å². The minimum atomic E-state index is -0.0910. The molecule has 0 aromatic heterocycles. The maximum absolute atomic E-state index is 11.8. The van der Waals surface area contributed by atoms with Crippen LogP contribution in [0.25, 0.3) is 0 Å². The van der Waals surface area contributed by atoms with Gasteiger partial charge in [0.1, 0.15) is 5.84 Å². The monoisotopic (exact) mass is 281 g/mol. The summed E-state index contributed by atoms with van der Waals surface area (Å²) in [6, 6.07) is 0.288. The van der Waals surface area contributed by atoms with Crippen molar-refractivity contribution in [3.8, 4) is 0 Å². The van der Waals surface area contributed by atoms with Gasteiger partial charge in [-0.2, -0.15) is 0 Å². The fraction of sp³-hybridized carbons (Fsp3) is 0.867. The van der Waals surface area contributed by atoms with Gasteiger partial charge < -0.3 is 15.9 Å². The van der Waals surface area contributed by atoms with E-state index in [2.05, 4.69) is 17.4 Å². The summed E-state index contributed by atoms with van der Waals surface area (Å²) >= 11 is 0. The van der Waals surface area contributed by atoms with Crippen molar-refractivity contribution in [3.05, 3.63) is 0 Å². The second-order valence-corrected chi connectivity index (χ2v) is 6.21. The van der Waals surface area contributed by atoms with Gasteiger partial charge in [-0.3, -0.25) is 4.79 Å². The van der Waals surface area contributed by atoms with E-state index in [-0.39, 0.29) is 18.6 Å². The lowest BCUT2D eigenvalue weighted by Crippen LogP contribution is -2.42. The van der Waals surface area contributed by atoms with Gasteiger partial charge in [0.25, 0.3) is 5.91 Å². The Kier molecular flexibility index (Phi) is 5.68. The summed E-state index contributed by atoms with van der Waals surface area (Å²) in [5, 5.41) is 6.93. The van der Waals surface area contributed by atoms with Crippen LogP contribution in [0.4, 0.5) is 0 Å². The third-order valence-electron chi connectivity index (χ3n) is 4.60. The number of oxime groups is 1. The largest absolute Gasteiger partial charge is 0.384 e. The average Bonchev–Trinajstić information content (AvgIpc) is 2.95. The summed E-state index contributed by atoms with van der Waals surface area (Å²) in [6.45, 7) is 2.16. The Morgan fingerprint density at radius 1 is 1.20 bits per heavy atom. The van der Waals surface area contributed by atoms with Crippen molar-refractivity contribution >= 4 is 11.7 Å². The smallest absolute Gasteiger partial charge is 0.261 e. The molecular weight excluding hydrogens is 254 g/mol. The van der Waals surface area contributed by atoms with E-state index in [9.17, 15) is 4.79 Å². The molecule has 20 heavy (non-hydrogen) atoms. The second-order valence-electron chi connectivity index (χ2n) is 6.21. The summed E-state index contributed by atoms with van der Waals surface area (Å²) < 4.78 is 0. The summed E-state index contributed by atoms with van der Waals surface area (Å²) in [5.74, 6) is 1.35. The molecule has 5 heteroatoms. The zero-order chi connectivity index (χ0) is 14.4. The van der Waals surface area contributed by atoms with Crippen LogP contribution in [-0.2, 0) is 9.63 Å². The highest BCUT2D eigenvalue weighted by Gasteiger charge is 2.23. The maximum atomic E-state index is 11.8. The van der Waals surface area contributed by atoms with Crippen LogP contribution in [-0.4, -0.2) is 24.4 Å². The Morgan fingerprint density at radius 3 is 2.55 bits per heavy atom. The highest BCUT2D eigenvalue weighted by Crippen LogP contribution is 2.25.